The quantitative estimate of drug-likeness (QED) is 0.794. The van der Waals surface area contributed by atoms with Crippen LogP contribution in [0.1, 0.15) is 24.0 Å². The maximum absolute atomic E-state index is 12.0. The first-order chi connectivity index (χ1) is 8.83. The summed E-state index contributed by atoms with van der Waals surface area (Å²) in [7, 11) is 0. The van der Waals surface area contributed by atoms with Crippen molar-refractivity contribution in [2.24, 2.45) is 0 Å². The van der Waals surface area contributed by atoms with Crippen LogP contribution in [0, 0.1) is 0 Å². The third-order valence-corrected chi connectivity index (χ3v) is 3.74. The van der Waals surface area contributed by atoms with E-state index in [2.05, 4.69) is 22.8 Å². The number of likely N-dealkylation sites (tertiary alicyclic amines) is 1. The highest BCUT2D eigenvalue weighted by molar-refractivity contribution is 5.89. The maximum atomic E-state index is 12.0. The van der Waals surface area contributed by atoms with Gasteiger partial charge < -0.3 is 15.5 Å². The van der Waals surface area contributed by atoms with Crippen LogP contribution in [0.5, 0.6) is 0 Å². The molecular formula is C14H19N3O. The minimum atomic E-state index is 0.0382. The second kappa shape index (κ2) is 4.98. The normalized spacial score (nSPS) is 18.6. The molecule has 0 atom stereocenters. The molecule has 96 valence electrons. The molecule has 2 aliphatic heterocycles. The van der Waals surface area contributed by atoms with E-state index >= 15 is 0 Å². The van der Waals surface area contributed by atoms with Gasteiger partial charge in [-0.15, -0.1) is 0 Å². The zero-order valence-electron chi connectivity index (χ0n) is 10.5. The maximum Gasteiger partial charge on any atom is 0.321 e. The van der Waals surface area contributed by atoms with E-state index in [9.17, 15) is 4.79 Å². The summed E-state index contributed by atoms with van der Waals surface area (Å²) in [5.74, 6) is 0. The average molecular weight is 245 g/mol. The Morgan fingerprint density at radius 3 is 2.89 bits per heavy atom. The second-order valence-corrected chi connectivity index (χ2v) is 5.03. The summed E-state index contributed by atoms with van der Waals surface area (Å²) in [6, 6.07) is 6.28. The third kappa shape index (κ3) is 2.34. The first kappa shape index (κ1) is 11.5. The summed E-state index contributed by atoms with van der Waals surface area (Å²) in [6.45, 7) is 3.73. The van der Waals surface area contributed by atoms with Crippen LogP contribution in [0.4, 0.5) is 10.5 Å². The molecule has 0 radical (unpaired) electrons. The number of carbonyl (C=O) groups is 1. The molecule has 1 aromatic carbocycles. The van der Waals surface area contributed by atoms with Crippen molar-refractivity contribution in [3.8, 4) is 0 Å². The van der Waals surface area contributed by atoms with Crippen LogP contribution in [0.2, 0.25) is 0 Å². The molecule has 2 heterocycles. The van der Waals surface area contributed by atoms with E-state index in [1.165, 1.54) is 11.1 Å². The lowest BCUT2D eigenvalue weighted by atomic mass is 10.0. The average Bonchev–Trinajstić information content (AvgIpc) is 2.92. The summed E-state index contributed by atoms with van der Waals surface area (Å²) in [5.41, 5.74) is 3.61. The molecule has 0 bridgehead atoms. The fourth-order valence-electron chi connectivity index (χ4n) is 2.68. The second-order valence-electron chi connectivity index (χ2n) is 5.03. The first-order valence-electron chi connectivity index (χ1n) is 6.71. The zero-order valence-corrected chi connectivity index (χ0v) is 10.5. The van der Waals surface area contributed by atoms with Gasteiger partial charge in [0.1, 0.15) is 0 Å². The highest BCUT2D eigenvalue weighted by Gasteiger charge is 2.18. The molecule has 0 aliphatic carbocycles. The third-order valence-electron chi connectivity index (χ3n) is 3.74. The van der Waals surface area contributed by atoms with Gasteiger partial charge in [-0.2, -0.15) is 0 Å². The van der Waals surface area contributed by atoms with Crippen molar-refractivity contribution in [1.82, 2.24) is 10.2 Å². The molecular weight excluding hydrogens is 226 g/mol. The van der Waals surface area contributed by atoms with E-state index in [4.69, 9.17) is 0 Å². The number of nitrogens with zero attached hydrogens (tertiary/aromatic N) is 1. The van der Waals surface area contributed by atoms with Gasteiger partial charge >= 0.3 is 6.03 Å². The van der Waals surface area contributed by atoms with Crippen molar-refractivity contribution in [2.75, 3.05) is 25.0 Å². The number of nitrogens with one attached hydrogen (secondary N) is 2. The molecule has 0 aromatic heterocycles. The summed E-state index contributed by atoms with van der Waals surface area (Å²) in [4.78, 5) is 13.9. The van der Waals surface area contributed by atoms with Crippen LogP contribution < -0.4 is 10.6 Å². The fourth-order valence-corrected chi connectivity index (χ4v) is 2.68. The van der Waals surface area contributed by atoms with Crippen molar-refractivity contribution in [3.63, 3.8) is 0 Å². The molecule has 2 N–H and O–H groups in total. The minimum Gasteiger partial charge on any atom is -0.325 e. The molecule has 1 fully saturated rings. The molecule has 4 nitrogen and oxygen atoms in total. The molecule has 0 unspecified atom stereocenters. The zero-order chi connectivity index (χ0) is 12.4. The molecule has 1 saturated heterocycles. The van der Waals surface area contributed by atoms with Gasteiger partial charge in [-0.1, -0.05) is 6.07 Å². The molecule has 0 spiro atoms. The van der Waals surface area contributed by atoms with Crippen LogP contribution >= 0.6 is 0 Å². The first-order valence-corrected chi connectivity index (χ1v) is 6.71. The molecule has 2 amide bonds. The van der Waals surface area contributed by atoms with Crippen LogP contribution in [-0.4, -0.2) is 30.6 Å². The van der Waals surface area contributed by atoms with Crippen molar-refractivity contribution in [3.05, 3.63) is 29.3 Å². The number of carbonyl (C=O) groups excluding carboxylic acids is 1. The number of benzene rings is 1. The lowest BCUT2D eigenvalue weighted by molar-refractivity contribution is 0.222. The monoisotopic (exact) mass is 245 g/mol. The predicted octanol–water partition coefficient (Wildman–Crippen LogP) is 1.96. The molecule has 0 saturated carbocycles. The predicted molar refractivity (Wildman–Crippen MR) is 71.7 cm³/mol. The Hall–Kier alpha value is -1.55. The summed E-state index contributed by atoms with van der Waals surface area (Å²) in [6.07, 6.45) is 3.33. The number of amides is 2. The molecule has 2 aliphatic rings. The Kier molecular flexibility index (Phi) is 3.19. The number of rotatable bonds is 1. The fraction of sp³-hybridized carbons (Fsp3) is 0.500. The van der Waals surface area contributed by atoms with Crippen LogP contribution in [-0.2, 0) is 13.0 Å². The largest absolute Gasteiger partial charge is 0.325 e. The Balaban J connectivity index is 1.70. The van der Waals surface area contributed by atoms with Crippen molar-refractivity contribution >= 4 is 11.7 Å². The Bertz CT molecular complexity index is 452. The van der Waals surface area contributed by atoms with Crippen LogP contribution in [0.3, 0.4) is 0 Å². The number of urea groups is 1. The number of hydrogen-bond donors (Lipinski definition) is 2. The Morgan fingerprint density at radius 1 is 1.22 bits per heavy atom. The summed E-state index contributed by atoms with van der Waals surface area (Å²) >= 11 is 0. The van der Waals surface area contributed by atoms with E-state index in [1.54, 1.807) is 0 Å². The molecule has 1 aromatic rings. The van der Waals surface area contributed by atoms with Gasteiger partial charge in [0.2, 0.25) is 0 Å². The van der Waals surface area contributed by atoms with E-state index in [0.717, 1.165) is 51.1 Å². The molecule has 3 rings (SSSR count). The van der Waals surface area contributed by atoms with Gasteiger partial charge in [-0.25, -0.2) is 4.79 Å². The van der Waals surface area contributed by atoms with Gasteiger partial charge in [0.05, 0.1) is 0 Å². The molecule has 18 heavy (non-hydrogen) atoms. The Morgan fingerprint density at radius 2 is 2.06 bits per heavy atom. The lowest BCUT2D eigenvalue weighted by Crippen LogP contribution is -2.32. The van der Waals surface area contributed by atoms with Gasteiger partial charge in [-0.05, 0) is 49.1 Å². The van der Waals surface area contributed by atoms with Crippen molar-refractivity contribution < 1.29 is 4.79 Å². The van der Waals surface area contributed by atoms with Crippen molar-refractivity contribution in [2.45, 2.75) is 25.8 Å². The van der Waals surface area contributed by atoms with Gasteiger partial charge in [0, 0.05) is 25.3 Å². The highest BCUT2D eigenvalue weighted by atomic mass is 16.2. The van der Waals surface area contributed by atoms with Gasteiger partial charge in [0.25, 0.3) is 0 Å². The van der Waals surface area contributed by atoms with Crippen molar-refractivity contribution in [1.29, 1.82) is 0 Å². The molecule has 4 heteroatoms. The summed E-state index contributed by atoms with van der Waals surface area (Å²) in [5, 5.41) is 6.35. The van der Waals surface area contributed by atoms with E-state index in [-0.39, 0.29) is 6.03 Å². The van der Waals surface area contributed by atoms with Crippen LogP contribution in [0.25, 0.3) is 0 Å². The topological polar surface area (TPSA) is 44.4 Å². The number of anilines is 1. The van der Waals surface area contributed by atoms with E-state index in [1.807, 2.05) is 11.0 Å². The summed E-state index contributed by atoms with van der Waals surface area (Å²) < 4.78 is 0. The number of fused-ring (bicyclic) bond motifs is 1. The van der Waals surface area contributed by atoms with E-state index in [0.29, 0.717) is 0 Å². The minimum absolute atomic E-state index is 0.0382. The number of hydrogen-bond acceptors (Lipinski definition) is 2. The SMILES string of the molecule is O=C(Nc1ccc2c(c1)CNCC2)N1CCCC1. The lowest BCUT2D eigenvalue weighted by Gasteiger charge is -2.20. The van der Waals surface area contributed by atoms with E-state index < -0.39 is 0 Å². The standard InChI is InChI=1S/C14H19N3O/c18-14(17-7-1-2-8-17)16-13-4-3-11-5-6-15-10-12(11)9-13/h3-4,9,15H,1-2,5-8,10H2,(H,16,18). The highest BCUT2D eigenvalue weighted by Crippen LogP contribution is 2.19. The smallest absolute Gasteiger partial charge is 0.321 e. The van der Waals surface area contributed by atoms with Gasteiger partial charge in [0.15, 0.2) is 0 Å². The van der Waals surface area contributed by atoms with Crippen LogP contribution in [0.15, 0.2) is 18.2 Å². The Labute approximate surface area is 107 Å². The van der Waals surface area contributed by atoms with Gasteiger partial charge in [-0.3, -0.25) is 0 Å².